The molecule has 2 N–H and O–H groups in total. The summed E-state index contributed by atoms with van der Waals surface area (Å²) in [7, 11) is -3.56. The summed E-state index contributed by atoms with van der Waals surface area (Å²) in [6.07, 6.45) is 0. The van der Waals surface area contributed by atoms with Crippen LogP contribution in [0.25, 0.3) is 0 Å². The first-order valence-corrected chi connectivity index (χ1v) is 7.71. The summed E-state index contributed by atoms with van der Waals surface area (Å²) >= 11 is 0. The zero-order valence-electron chi connectivity index (χ0n) is 11.4. The Kier molecular flexibility index (Phi) is 4.11. The minimum atomic E-state index is -3.56. The highest BCUT2D eigenvalue weighted by Crippen LogP contribution is 2.17. The van der Waals surface area contributed by atoms with E-state index in [1.54, 1.807) is 37.3 Å². The van der Waals surface area contributed by atoms with Gasteiger partial charge in [-0.3, -0.25) is 0 Å². The molecule has 5 heteroatoms. The lowest BCUT2D eigenvalue weighted by molar-refractivity contribution is 0.474. The zero-order chi connectivity index (χ0) is 14.8. The Hall–Kier alpha value is -1.85. The Balaban J connectivity index is 2.21. The van der Waals surface area contributed by atoms with Gasteiger partial charge in [0.1, 0.15) is 5.75 Å². The van der Waals surface area contributed by atoms with Crippen molar-refractivity contribution >= 4 is 10.0 Å². The Morgan fingerprint density at radius 3 is 2.55 bits per heavy atom. The maximum absolute atomic E-state index is 12.3. The number of aryl methyl sites for hydroxylation is 2. The maximum atomic E-state index is 12.3. The van der Waals surface area contributed by atoms with Crippen molar-refractivity contribution in [3.63, 3.8) is 0 Å². The van der Waals surface area contributed by atoms with Crippen molar-refractivity contribution < 1.29 is 13.5 Å². The number of phenols is 1. The first-order chi connectivity index (χ1) is 9.38. The van der Waals surface area contributed by atoms with Crippen molar-refractivity contribution in [2.45, 2.75) is 25.3 Å². The van der Waals surface area contributed by atoms with Crippen LogP contribution in [0.3, 0.4) is 0 Å². The molecule has 0 heterocycles. The van der Waals surface area contributed by atoms with Crippen LogP contribution < -0.4 is 4.72 Å². The lowest BCUT2D eigenvalue weighted by Crippen LogP contribution is -2.24. The third-order valence-corrected chi connectivity index (χ3v) is 4.55. The van der Waals surface area contributed by atoms with Crippen molar-refractivity contribution in [3.8, 4) is 5.75 Å². The highest BCUT2D eigenvalue weighted by molar-refractivity contribution is 7.89. The van der Waals surface area contributed by atoms with Gasteiger partial charge in [0, 0.05) is 6.54 Å². The molecule has 0 aromatic heterocycles. The fourth-order valence-electron chi connectivity index (χ4n) is 1.92. The molecule has 0 aliphatic heterocycles. The van der Waals surface area contributed by atoms with Crippen molar-refractivity contribution in [1.29, 1.82) is 0 Å². The van der Waals surface area contributed by atoms with Gasteiger partial charge in [0.25, 0.3) is 0 Å². The largest absolute Gasteiger partial charge is 0.508 e. The standard InChI is InChI=1S/C15H17NO3S/c1-11-6-7-12(2)15(8-11)20(18,19)16-10-13-4-3-5-14(17)9-13/h3-9,16-17H,10H2,1-2H3. The molecular formula is C15H17NO3S. The second-order valence-electron chi connectivity index (χ2n) is 4.76. The number of hydrogen-bond donors (Lipinski definition) is 2. The third kappa shape index (κ3) is 3.37. The molecule has 0 bridgehead atoms. The smallest absolute Gasteiger partial charge is 0.241 e. The molecule has 0 unspecified atom stereocenters. The molecule has 0 spiro atoms. The van der Waals surface area contributed by atoms with Crippen LogP contribution in [0.4, 0.5) is 0 Å². The quantitative estimate of drug-likeness (QED) is 0.909. The van der Waals surface area contributed by atoms with Gasteiger partial charge in [-0.25, -0.2) is 13.1 Å². The topological polar surface area (TPSA) is 66.4 Å². The molecule has 2 rings (SSSR count). The molecule has 0 amide bonds. The van der Waals surface area contributed by atoms with Crippen LogP contribution in [0.1, 0.15) is 16.7 Å². The van der Waals surface area contributed by atoms with E-state index >= 15 is 0 Å². The van der Waals surface area contributed by atoms with Crippen LogP contribution in [-0.4, -0.2) is 13.5 Å². The predicted molar refractivity (Wildman–Crippen MR) is 78.0 cm³/mol. The molecule has 0 fully saturated rings. The Morgan fingerprint density at radius 1 is 1.10 bits per heavy atom. The highest BCUT2D eigenvalue weighted by atomic mass is 32.2. The molecule has 4 nitrogen and oxygen atoms in total. The van der Waals surface area contributed by atoms with Crippen LogP contribution in [0, 0.1) is 13.8 Å². The molecule has 0 aliphatic rings. The van der Waals surface area contributed by atoms with Crippen molar-refractivity contribution in [2.24, 2.45) is 0 Å². The minimum absolute atomic E-state index is 0.119. The average molecular weight is 291 g/mol. The van der Waals surface area contributed by atoms with Gasteiger partial charge in [0.05, 0.1) is 4.90 Å². The van der Waals surface area contributed by atoms with Gasteiger partial charge in [-0.15, -0.1) is 0 Å². The van der Waals surface area contributed by atoms with Gasteiger partial charge in [-0.05, 0) is 48.7 Å². The first kappa shape index (κ1) is 14.6. The van der Waals surface area contributed by atoms with Gasteiger partial charge < -0.3 is 5.11 Å². The number of nitrogens with one attached hydrogen (secondary N) is 1. The van der Waals surface area contributed by atoms with E-state index in [-0.39, 0.29) is 17.2 Å². The SMILES string of the molecule is Cc1ccc(C)c(S(=O)(=O)NCc2cccc(O)c2)c1. The molecule has 0 saturated heterocycles. The first-order valence-electron chi connectivity index (χ1n) is 6.23. The van der Waals surface area contributed by atoms with E-state index in [1.807, 2.05) is 13.0 Å². The molecular weight excluding hydrogens is 274 g/mol. The van der Waals surface area contributed by atoms with Crippen LogP contribution in [0.15, 0.2) is 47.4 Å². The lowest BCUT2D eigenvalue weighted by atomic mass is 10.2. The highest BCUT2D eigenvalue weighted by Gasteiger charge is 2.16. The molecule has 2 aromatic carbocycles. The molecule has 0 aliphatic carbocycles. The van der Waals surface area contributed by atoms with Crippen molar-refractivity contribution in [1.82, 2.24) is 4.72 Å². The van der Waals surface area contributed by atoms with Gasteiger partial charge in [-0.2, -0.15) is 0 Å². The number of hydrogen-bond acceptors (Lipinski definition) is 3. The van der Waals surface area contributed by atoms with E-state index in [9.17, 15) is 13.5 Å². The summed E-state index contributed by atoms with van der Waals surface area (Å²) < 4.78 is 27.1. The average Bonchev–Trinajstić information content (AvgIpc) is 2.39. The van der Waals surface area contributed by atoms with E-state index in [2.05, 4.69) is 4.72 Å². The van der Waals surface area contributed by atoms with Gasteiger partial charge in [0.15, 0.2) is 0 Å². The number of rotatable bonds is 4. The van der Waals surface area contributed by atoms with Crippen LogP contribution in [0.2, 0.25) is 0 Å². The fourth-order valence-corrected chi connectivity index (χ4v) is 3.26. The molecule has 0 saturated carbocycles. The summed E-state index contributed by atoms with van der Waals surface area (Å²) in [5.41, 5.74) is 2.31. The minimum Gasteiger partial charge on any atom is -0.508 e. The van der Waals surface area contributed by atoms with E-state index in [4.69, 9.17) is 0 Å². The van der Waals surface area contributed by atoms with E-state index < -0.39 is 10.0 Å². The van der Waals surface area contributed by atoms with Gasteiger partial charge >= 0.3 is 0 Å². The number of benzene rings is 2. The Labute approximate surface area is 119 Å². The second kappa shape index (κ2) is 5.64. The van der Waals surface area contributed by atoms with Crippen molar-refractivity contribution in [3.05, 3.63) is 59.2 Å². The van der Waals surface area contributed by atoms with Crippen LogP contribution >= 0.6 is 0 Å². The lowest BCUT2D eigenvalue weighted by Gasteiger charge is -2.10. The fraction of sp³-hybridized carbons (Fsp3) is 0.200. The summed E-state index contributed by atoms with van der Waals surface area (Å²) in [6, 6.07) is 11.8. The van der Waals surface area contributed by atoms with Gasteiger partial charge in [0.2, 0.25) is 10.0 Å². The predicted octanol–water partition coefficient (Wildman–Crippen LogP) is 2.49. The molecule has 2 aromatic rings. The van der Waals surface area contributed by atoms with E-state index in [0.29, 0.717) is 11.1 Å². The maximum Gasteiger partial charge on any atom is 0.241 e. The van der Waals surface area contributed by atoms with Crippen LogP contribution in [-0.2, 0) is 16.6 Å². The Bertz CT molecular complexity index is 724. The molecule has 0 radical (unpaired) electrons. The number of aromatic hydroxyl groups is 1. The normalized spacial score (nSPS) is 11.5. The summed E-state index contributed by atoms with van der Waals surface area (Å²) in [6.45, 7) is 3.76. The number of phenolic OH excluding ortho intramolecular Hbond substituents is 1. The number of sulfonamides is 1. The summed E-state index contributed by atoms with van der Waals surface area (Å²) in [4.78, 5) is 0.289. The Morgan fingerprint density at radius 2 is 1.85 bits per heavy atom. The summed E-state index contributed by atoms with van der Waals surface area (Å²) in [5, 5.41) is 9.36. The molecule has 20 heavy (non-hydrogen) atoms. The van der Waals surface area contributed by atoms with Gasteiger partial charge in [-0.1, -0.05) is 24.3 Å². The molecule has 106 valence electrons. The summed E-state index contributed by atoms with van der Waals surface area (Å²) in [5.74, 6) is 0.119. The third-order valence-electron chi connectivity index (χ3n) is 3.01. The van der Waals surface area contributed by atoms with Crippen LogP contribution in [0.5, 0.6) is 5.75 Å². The molecule has 0 atom stereocenters. The van der Waals surface area contributed by atoms with E-state index in [0.717, 1.165) is 5.56 Å². The van der Waals surface area contributed by atoms with Crippen molar-refractivity contribution in [2.75, 3.05) is 0 Å². The van der Waals surface area contributed by atoms with E-state index in [1.165, 1.54) is 6.07 Å². The zero-order valence-corrected chi connectivity index (χ0v) is 12.2. The monoisotopic (exact) mass is 291 g/mol. The second-order valence-corrected chi connectivity index (χ2v) is 6.50.